The zero-order valence-corrected chi connectivity index (χ0v) is 10.3. The Morgan fingerprint density at radius 3 is 2.79 bits per heavy atom. The number of hydrogen-bond donors (Lipinski definition) is 1. The minimum absolute atomic E-state index is 0.0360. The molecule has 0 aromatic heterocycles. The van der Waals surface area contributed by atoms with Gasteiger partial charge in [-0.1, -0.05) is 30.1 Å². The fourth-order valence-corrected chi connectivity index (χ4v) is 2.24. The normalized spacial score (nSPS) is 12.9. The van der Waals surface area contributed by atoms with E-state index in [1.165, 1.54) is 0 Å². The molecule has 1 rings (SSSR count). The van der Waals surface area contributed by atoms with Crippen molar-refractivity contribution < 1.29 is 0 Å². The molecule has 1 aromatic carbocycles. The first-order chi connectivity index (χ1) is 6.65. The first kappa shape index (κ1) is 12.2. The Morgan fingerprint density at radius 1 is 1.43 bits per heavy atom. The Hall–Kier alpha value is 0.110. The smallest absolute Gasteiger partial charge is 0.0455 e. The maximum Gasteiger partial charge on any atom is 0.0455 e. The van der Waals surface area contributed by atoms with E-state index < -0.39 is 0 Å². The first-order valence-corrected chi connectivity index (χ1v) is 6.34. The molecule has 78 valence electrons. The second-order valence-corrected chi connectivity index (χ2v) is 5.09. The lowest BCUT2D eigenvalue weighted by molar-refractivity contribution is 0.832. The van der Waals surface area contributed by atoms with E-state index in [9.17, 15) is 0 Å². The van der Waals surface area contributed by atoms with Gasteiger partial charge in [0.1, 0.15) is 0 Å². The fraction of sp³-hybridized carbons (Fsp3) is 0.400. The molecule has 0 bridgehead atoms. The lowest BCUT2D eigenvalue weighted by Crippen LogP contribution is -2.13. The molecule has 1 atom stereocenters. The number of rotatable bonds is 4. The zero-order chi connectivity index (χ0) is 10.6. The van der Waals surface area contributed by atoms with Crippen LogP contribution in [0.5, 0.6) is 0 Å². The maximum absolute atomic E-state index is 6.02. The summed E-state index contributed by atoms with van der Waals surface area (Å²) in [7, 11) is 0. The van der Waals surface area contributed by atoms with E-state index in [1.807, 2.05) is 6.07 Å². The van der Waals surface area contributed by atoms with Crippen molar-refractivity contribution in [2.45, 2.75) is 13.0 Å². The van der Waals surface area contributed by atoms with Gasteiger partial charge < -0.3 is 5.73 Å². The Kier molecular flexibility index (Phi) is 5.10. The van der Waals surface area contributed by atoms with Crippen molar-refractivity contribution in [3.05, 3.63) is 33.8 Å². The molecule has 4 heteroatoms. The molecule has 14 heavy (non-hydrogen) atoms. The average Bonchev–Trinajstić information content (AvgIpc) is 2.18. The van der Waals surface area contributed by atoms with Crippen LogP contribution in [0.1, 0.15) is 18.5 Å². The molecule has 0 heterocycles. The molecule has 0 saturated heterocycles. The lowest BCUT2D eigenvalue weighted by Gasteiger charge is -2.13. The second-order valence-electron chi connectivity index (χ2n) is 2.93. The van der Waals surface area contributed by atoms with E-state index in [4.69, 9.17) is 28.9 Å². The molecule has 0 fully saturated rings. The van der Waals surface area contributed by atoms with Gasteiger partial charge in [-0.2, -0.15) is 11.8 Å². The SMILES string of the molecule is CCSCC(N)c1cc(Cl)ccc1Cl. The quantitative estimate of drug-likeness (QED) is 0.880. The summed E-state index contributed by atoms with van der Waals surface area (Å²) in [4.78, 5) is 0. The Labute approximate surface area is 99.0 Å². The van der Waals surface area contributed by atoms with Gasteiger partial charge in [0.25, 0.3) is 0 Å². The largest absolute Gasteiger partial charge is 0.323 e. The van der Waals surface area contributed by atoms with Gasteiger partial charge in [0.05, 0.1) is 0 Å². The topological polar surface area (TPSA) is 26.0 Å². The number of benzene rings is 1. The lowest BCUT2D eigenvalue weighted by atomic mass is 10.1. The minimum Gasteiger partial charge on any atom is -0.323 e. The third-order valence-electron chi connectivity index (χ3n) is 1.86. The molecule has 1 unspecified atom stereocenters. The summed E-state index contributed by atoms with van der Waals surface area (Å²) in [6, 6.07) is 5.36. The molecule has 0 spiro atoms. The standard InChI is InChI=1S/C10H13Cl2NS/c1-2-14-6-10(13)8-5-7(11)3-4-9(8)12/h3-5,10H,2,6,13H2,1H3. The summed E-state index contributed by atoms with van der Waals surface area (Å²) in [5.74, 6) is 1.93. The van der Waals surface area contributed by atoms with E-state index in [0.29, 0.717) is 10.0 Å². The molecular weight excluding hydrogens is 237 g/mol. The predicted octanol–water partition coefficient (Wildman–Crippen LogP) is 3.75. The van der Waals surface area contributed by atoms with Crippen molar-refractivity contribution in [1.82, 2.24) is 0 Å². The highest BCUT2D eigenvalue weighted by molar-refractivity contribution is 7.99. The van der Waals surface area contributed by atoms with Crippen LogP contribution in [-0.2, 0) is 0 Å². The van der Waals surface area contributed by atoms with Gasteiger partial charge in [-0.25, -0.2) is 0 Å². The van der Waals surface area contributed by atoms with Crippen LogP contribution >= 0.6 is 35.0 Å². The summed E-state index contributed by atoms with van der Waals surface area (Å²) < 4.78 is 0. The molecule has 0 saturated carbocycles. The van der Waals surface area contributed by atoms with Gasteiger partial charge in [0.15, 0.2) is 0 Å². The van der Waals surface area contributed by atoms with Crippen LogP contribution in [0.2, 0.25) is 10.0 Å². The number of nitrogens with two attached hydrogens (primary N) is 1. The van der Waals surface area contributed by atoms with Crippen LogP contribution in [0.4, 0.5) is 0 Å². The van der Waals surface area contributed by atoms with Gasteiger partial charge in [-0.3, -0.25) is 0 Å². The van der Waals surface area contributed by atoms with Crippen LogP contribution < -0.4 is 5.73 Å². The van der Waals surface area contributed by atoms with Crippen LogP contribution in [0, 0.1) is 0 Å². The Morgan fingerprint density at radius 2 is 2.14 bits per heavy atom. The Balaban J connectivity index is 2.77. The van der Waals surface area contributed by atoms with Crippen LogP contribution in [0.15, 0.2) is 18.2 Å². The van der Waals surface area contributed by atoms with Crippen molar-refractivity contribution in [3.63, 3.8) is 0 Å². The van der Waals surface area contributed by atoms with E-state index in [0.717, 1.165) is 17.1 Å². The van der Waals surface area contributed by atoms with Gasteiger partial charge in [0, 0.05) is 21.8 Å². The van der Waals surface area contributed by atoms with Crippen molar-refractivity contribution >= 4 is 35.0 Å². The molecule has 0 aliphatic heterocycles. The van der Waals surface area contributed by atoms with E-state index in [-0.39, 0.29) is 6.04 Å². The zero-order valence-electron chi connectivity index (χ0n) is 7.97. The highest BCUT2D eigenvalue weighted by Gasteiger charge is 2.10. The van der Waals surface area contributed by atoms with Crippen molar-refractivity contribution in [3.8, 4) is 0 Å². The van der Waals surface area contributed by atoms with Gasteiger partial charge in [-0.05, 0) is 29.5 Å². The minimum atomic E-state index is -0.0360. The highest BCUT2D eigenvalue weighted by Crippen LogP contribution is 2.26. The van der Waals surface area contributed by atoms with Gasteiger partial charge in [0.2, 0.25) is 0 Å². The highest BCUT2D eigenvalue weighted by atomic mass is 35.5. The summed E-state index contributed by atoms with van der Waals surface area (Å²) in [5.41, 5.74) is 6.92. The van der Waals surface area contributed by atoms with Crippen LogP contribution in [0.25, 0.3) is 0 Å². The van der Waals surface area contributed by atoms with E-state index in [1.54, 1.807) is 23.9 Å². The number of halogens is 2. The average molecular weight is 250 g/mol. The molecule has 1 aromatic rings. The Bertz CT molecular complexity index is 304. The molecule has 0 aliphatic carbocycles. The summed E-state index contributed by atoms with van der Waals surface area (Å²) >= 11 is 13.7. The second kappa shape index (κ2) is 5.86. The third-order valence-corrected chi connectivity index (χ3v) is 3.44. The maximum atomic E-state index is 6.02. The molecular formula is C10H13Cl2NS. The molecule has 1 nitrogen and oxygen atoms in total. The first-order valence-electron chi connectivity index (χ1n) is 4.43. The fourth-order valence-electron chi connectivity index (χ4n) is 1.13. The summed E-state index contributed by atoms with van der Waals surface area (Å²) in [6.45, 7) is 2.11. The van der Waals surface area contributed by atoms with Crippen molar-refractivity contribution in [1.29, 1.82) is 0 Å². The number of thioether (sulfide) groups is 1. The monoisotopic (exact) mass is 249 g/mol. The van der Waals surface area contributed by atoms with Crippen molar-refractivity contribution in [2.24, 2.45) is 5.73 Å². The number of hydrogen-bond acceptors (Lipinski definition) is 2. The van der Waals surface area contributed by atoms with Gasteiger partial charge in [-0.15, -0.1) is 0 Å². The predicted molar refractivity (Wildman–Crippen MR) is 66.4 cm³/mol. The summed E-state index contributed by atoms with van der Waals surface area (Å²) in [6.07, 6.45) is 0. The van der Waals surface area contributed by atoms with Crippen LogP contribution in [-0.4, -0.2) is 11.5 Å². The van der Waals surface area contributed by atoms with Crippen LogP contribution in [0.3, 0.4) is 0 Å². The third kappa shape index (κ3) is 3.35. The van der Waals surface area contributed by atoms with E-state index in [2.05, 4.69) is 6.92 Å². The molecule has 0 amide bonds. The summed E-state index contributed by atoms with van der Waals surface area (Å²) in [5, 5.41) is 1.37. The molecule has 0 aliphatic rings. The molecule has 0 radical (unpaired) electrons. The van der Waals surface area contributed by atoms with Crippen molar-refractivity contribution in [2.75, 3.05) is 11.5 Å². The van der Waals surface area contributed by atoms with Gasteiger partial charge >= 0.3 is 0 Å². The molecule has 2 N–H and O–H groups in total. The van der Waals surface area contributed by atoms with E-state index >= 15 is 0 Å².